The number of thiazole rings is 1. The number of benzene rings is 3. The second-order valence-electron chi connectivity index (χ2n) is 9.22. The molecule has 2 heterocycles. The van der Waals surface area contributed by atoms with Crippen molar-refractivity contribution in [2.45, 2.75) is 20.7 Å². The zero-order chi connectivity index (χ0) is 30.9. The largest absolute Gasteiger partial charge is 0.493 e. The third kappa shape index (κ3) is 8.13. The van der Waals surface area contributed by atoms with Crippen LogP contribution in [0.2, 0.25) is 0 Å². The average molecular weight is 646 g/mol. The summed E-state index contributed by atoms with van der Waals surface area (Å²) in [5.41, 5.74) is 3.15. The number of carbonyl (C=O) groups is 1. The van der Waals surface area contributed by atoms with Crippen LogP contribution in [0.3, 0.4) is 0 Å². The molecule has 2 aromatic heterocycles. The summed E-state index contributed by atoms with van der Waals surface area (Å²) in [6.07, 6.45) is 3.92. The normalized spacial score (nSPS) is 11.1. The molecule has 0 aliphatic heterocycles. The van der Waals surface area contributed by atoms with Crippen molar-refractivity contribution in [3.05, 3.63) is 100 Å². The van der Waals surface area contributed by atoms with Gasteiger partial charge in [-0.25, -0.2) is 9.97 Å². The first-order valence-corrected chi connectivity index (χ1v) is 16.0. The van der Waals surface area contributed by atoms with Gasteiger partial charge in [-0.15, -0.1) is 11.3 Å². The topological polar surface area (TPSA) is 129 Å². The molecule has 0 bridgehead atoms. The zero-order valence-corrected chi connectivity index (χ0v) is 26.2. The van der Waals surface area contributed by atoms with Gasteiger partial charge in [0.1, 0.15) is 5.03 Å². The number of nitro groups is 1. The fourth-order valence-electron chi connectivity index (χ4n) is 4.11. The summed E-state index contributed by atoms with van der Waals surface area (Å²) < 4.78 is 12.3. The predicted molar refractivity (Wildman–Crippen MR) is 175 cm³/mol. The zero-order valence-electron chi connectivity index (χ0n) is 23.8. The van der Waals surface area contributed by atoms with Gasteiger partial charge in [0.25, 0.3) is 5.69 Å². The molecule has 5 rings (SSSR count). The van der Waals surface area contributed by atoms with E-state index in [9.17, 15) is 14.9 Å². The Labute approximate surface area is 266 Å². The lowest BCUT2D eigenvalue weighted by molar-refractivity contribution is -0.387. The third-order valence-corrected chi connectivity index (χ3v) is 9.43. The first-order valence-electron chi connectivity index (χ1n) is 13.3. The number of rotatable bonds is 13. The average Bonchev–Trinajstić information content (AvgIpc) is 3.46. The lowest BCUT2D eigenvalue weighted by atomic mass is 10.1. The summed E-state index contributed by atoms with van der Waals surface area (Å²) in [4.78, 5) is 37.6. The first kappa shape index (κ1) is 31.0. The number of hydrogen-bond donors (Lipinski definition) is 1. The van der Waals surface area contributed by atoms with E-state index in [1.807, 2.05) is 42.5 Å². The van der Waals surface area contributed by atoms with E-state index in [4.69, 9.17) is 9.47 Å². The van der Waals surface area contributed by atoms with Crippen LogP contribution in [0.15, 0.2) is 98.2 Å². The molecule has 44 heavy (non-hydrogen) atoms. The summed E-state index contributed by atoms with van der Waals surface area (Å²) in [5, 5.41) is 15.3. The van der Waals surface area contributed by atoms with Crippen molar-refractivity contribution in [2.24, 2.45) is 4.99 Å². The highest BCUT2D eigenvalue weighted by molar-refractivity contribution is 8.01. The molecule has 0 saturated heterocycles. The van der Waals surface area contributed by atoms with Crippen LogP contribution in [0.5, 0.6) is 11.5 Å². The SMILES string of the molecule is COc1ccc(CCNC(=O)CSc2nc3ccc(N=Cc4ccc(Sc5ccccn5)c([N+](=O)[O-])c4)cc3s2)cc1OC. The van der Waals surface area contributed by atoms with E-state index < -0.39 is 4.92 Å². The molecule has 3 aromatic carbocycles. The molecule has 0 fully saturated rings. The standard InChI is InChI=1S/C31H27N5O5S3/c1-40-25-10-6-20(16-26(25)41-2)12-14-32-29(37)19-42-31-35-23-9-8-22(17-28(23)44-31)34-18-21-7-11-27(24(15-21)36(38)39)43-30-5-3-4-13-33-30/h3-11,13,15-18H,12,14,19H2,1-2H3,(H,32,37). The number of pyridine rings is 1. The number of fused-ring (bicyclic) bond motifs is 1. The number of hydrogen-bond acceptors (Lipinski definition) is 11. The van der Waals surface area contributed by atoms with Gasteiger partial charge in [0, 0.05) is 25.0 Å². The molecule has 0 atom stereocenters. The van der Waals surface area contributed by atoms with Crippen molar-refractivity contribution >= 4 is 68.6 Å². The minimum atomic E-state index is -0.399. The van der Waals surface area contributed by atoms with Gasteiger partial charge in [0.15, 0.2) is 15.8 Å². The monoisotopic (exact) mass is 645 g/mol. The number of aliphatic imine (C=N–C) groups is 1. The molecule has 1 amide bonds. The van der Waals surface area contributed by atoms with Crippen LogP contribution in [0, 0.1) is 10.1 Å². The van der Waals surface area contributed by atoms with Crippen LogP contribution < -0.4 is 14.8 Å². The number of carbonyl (C=O) groups excluding carboxylic acids is 1. The number of methoxy groups -OCH3 is 2. The van der Waals surface area contributed by atoms with Gasteiger partial charge in [0.2, 0.25) is 5.91 Å². The number of amides is 1. The van der Waals surface area contributed by atoms with Crippen molar-refractivity contribution < 1.29 is 19.2 Å². The van der Waals surface area contributed by atoms with E-state index in [0.29, 0.717) is 45.6 Å². The number of nitrogens with zero attached hydrogens (tertiary/aromatic N) is 4. The molecule has 13 heteroatoms. The lowest BCUT2D eigenvalue weighted by Gasteiger charge is -2.10. The Morgan fingerprint density at radius 1 is 1.07 bits per heavy atom. The molecule has 1 N–H and O–H groups in total. The summed E-state index contributed by atoms with van der Waals surface area (Å²) in [6, 6.07) is 21.8. The van der Waals surface area contributed by atoms with Gasteiger partial charge in [-0.2, -0.15) is 0 Å². The molecule has 224 valence electrons. The summed E-state index contributed by atoms with van der Waals surface area (Å²) in [5.74, 6) is 1.51. The Balaban J connectivity index is 1.16. The molecule has 0 saturated carbocycles. The lowest BCUT2D eigenvalue weighted by Crippen LogP contribution is -2.27. The number of thioether (sulfide) groups is 1. The fourth-order valence-corrected chi connectivity index (χ4v) is 6.90. The number of nitro benzene ring substituents is 1. The van der Waals surface area contributed by atoms with Gasteiger partial charge in [0.05, 0.1) is 45.7 Å². The maximum Gasteiger partial charge on any atom is 0.283 e. The number of aromatic nitrogens is 2. The van der Waals surface area contributed by atoms with Crippen LogP contribution in [-0.4, -0.2) is 53.5 Å². The van der Waals surface area contributed by atoms with Crippen molar-refractivity contribution in [1.82, 2.24) is 15.3 Å². The van der Waals surface area contributed by atoms with Crippen molar-refractivity contribution in [3.63, 3.8) is 0 Å². The van der Waals surface area contributed by atoms with Gasteiger partial charge >= 0.3 is 0 Å². The maximum atomic E-state index is 12.4. The highest BCUT2D eigenvalue weighted by Crippen LogP contribution is 2.35. The minimum Gasteiger partial charge on any atom is -0.493 e. The van der Waals surface area contributed by atoms with E-state index >= 15 is 0 Å². The molecule has 0 unspecified atom stereocenters. The molecule has 10 nitrogen and oxygen atoms in total. The van der Waals surface area contributed by atoms with Gasteiger partial charge < -0.3 is 14.8 Å². The molecule has 0 radical (unpaired) electrons. The van der Waals surface area contributed by atoms with E-state index in [-0.39, 0.29) is 17.3 Å². The highest BCUT2D eigenvalue weighted by Gasteiger charge is 2.16. The third-order valence-electron chi connectivity index (χ3n) is 6.26. The predicted octanol–water partition coefficient (Wildman–Crippen LogP) is 6.97. The Kier molecular flexibility index (Phi) is 10.4. The smallest absolute Gasteiger partial charge is 0.283 e. The molecule has 0 spiro atoms. The highest BCUT2D eigenvalue weighted by atomic mass is 32.2. The molecule has 0 aliphatic rings. The van der Waals surface area contributed by atoms with E-state index in [1.165, 1.54) is 40.9 Å². The fraction of sp³-hybridized carbons (Fsp3) is 0.161. The maximum absolute atomic E-state index is 12.4. The van der Waals surface area contributed by atoms with E-state index in [2.05, 4.69) is 20.3 Å². The number of ether oxygens (including phenoxy) is 2. The van der Waals surface area contributed by atoms with E-state index in [1.54, 1.807) is 50.9 Å². The van der Waals surface area contributed by atoms with Crippen LogP contribution >= 0.6 is 34.9 Å². The van der Waals surface area contributed by atoms with Crippen molar-refractivity contribution in [1.29, 1.82) is 0 Å². The number of nitrogens with one attached hydrogen (secondary N) is 1. The van der Waals surface area contributed by atoms with Crippen LogP contribution in [-0.2, 0) is 11.2 Å². The van der Waals surface area contributed by atoms with Gasteiger partial charge in [-0.05, 0) is 66.1 Å². The van der Waals surface area contributed by atoms with Crippen molar-refractivity contribution in [3.8, 4) is 11.5 Å². The Hall–Kier alpha value is -4.46. The van der Waals surface area contributed by atoms with Gasteiger partial charge in [-0.3, -0.25) is 19.9 Å². The Morgan fingerprint density at radius 3 is 2.70 bits per heavy atom. The Morgan fingerprint density at radius 2 is 1.93 bits per heavy atom. The molecule has 5 aromatic rings. The Bertz CT molecular complexity index is 1810. The van der Waals surface area contributed by atoms with E-state index in [0.717, 1.165) is 20.1 Å². The van der Waals surface area contributed by atoms with Gasteiger partial charge in [-0.1, -0.05) is 41.7 Å². The summed E-state index contributed by atoms with van der Waals surface area (Å²) in [7, 11) is 3.19. The summed E-state index contributed by atoms with van der Waals surface area (Å²) in [6.45, 7) is 0.505. The van der Waals surface area contributed by atoms with Crippen LogP contribution in [0.4, 0.5) is 11.4 Å². The summed E-state index contributed by atoms with van der Waals surface area (Å²) >= 11 is 4.11. The molecule has 0 aliphatic carbocycles. The molecular weight excluding hydrogens is 619 g/mol. The quantitative estimate of drug-likeness (QED) is 0.0625. The minimum absolute atomic E-state index is 0.00539. The first-order chi connectivity index (χ1) is 21.4. The second kappa shape index (κ2) is 14.8. The van der Waals surface area contributed by atoms with Crippen molar-refractivity contribution in [2.75, 3.05) is 26.5 Å². The molecular formula is C31H27N5O5S3. The second-order valence-corrected chi connectivity index (χ2v) is 12.5. The van der Waals surface area contributed by atoms with Crippen LogP contribution in [0.1, 0.15) is 11.1 Å². The van der Waals surface area contributed by atoms with Crippen LogP contribution in [0.25, 0.3) is 10.2 Å².